The van der Waals surface area contributed by atoms with Crippen LogP contribution in [0.15, 0.2) is 53.4 Å². The number of fused-ring (bicyclic) bond motifs is 3. The quantitative estimate of drug-likeness (QED) is 0.753. The van der Waals surface area contributed by atoms with E-state index in [9.17, 15) is 4.79 Å². The van der Waals surface area contributed by atoms with E-state index in [2.05, 4.69) is 53.4 Å². The van der Waals surface area contributed by atoms with E-state index < -0.39 is 0 Å². The zero-order valence-electron chi connectivity index (χ0n) is 13.4. The summed E-state index contributed by atoms with van der Waals surface area (Å²) in [5, 5.41) is 0.140. The Morgan fingerprint density at radius 3 is 2.57 bits per heavy atom. The van der Waals surface area contributed by atoms with E-state index in [-0.39, 0.29) is 5.12 Å². The lowest BCUT2D eigenvalue weighted by atomic mass is 9.82. The van der Waals surface area contributed by atoms with Crippen molar-refractivity contribution in [3.63, 3.8) is 0 Å². The maximum Gasteiger partial charge on any atom is 0.190 e. The van der Waals surface area contributed by atoms with Crippen molar-refractivity contribution in [1.82, 2.24) is 4.90 Å². The summed E-state index contributed by atoms with van der Waals surface area (Å²) in [7, 11) is 0. The van der Waals surface area contributed by atoms with Gasteiger partial charge in [-0.1, -0.05) is 48.2 Å². The van der Waals surface area contributed by atoms with Crippen LogP contribution in [0.3, 0.4) is 0 Å². The van der Waals surface area contributed by atoms with Crippen LogP contribution in [0, 0.1) is 0 Å². The average Bonchev–Trinajstić information content (AvgIpc) is 3.03. The minimum Gasteiger partial charge on any atom is -0.295 e. The zero-order valence-corrected chi connectivity index (χ0v) is 14.2. The van der Waals surface area contributed by atoms with Gasteiger partial charge in [-0.05, 0) is 48.2 Å². The number of rotatable bonds is 2. The number of carbonyl (C=O) groups is 1. The van der Waals surface area contributed by atoms with Crippen molar-refractivity contribution in [3.8, 4) is 0 Å². The predicted octanol–water partition coefficient (Wildman–Crippen LogP) is 4.61. The molecule has 0 unspecified atom stereocenters. The van der Waals surface area contributed by atoms with Crippen molar-refractivity contribution in [3.05, 3.63) is 65.2 Å². The molecule has 2 atom stereocenters. The molecule has 2 aromatic rings. The smallest absolute Gasteiger partial charge is 0.190 e. The van der Waals surface area contributed by atoms with E-state index in [1.165, 1.54) is 47.8 Å². The Kier molecular flexibility index (Phi) is 4.00. The van der Waals surface area contributed by atoms with Gasteiger partial charge in [0.1, 0.15) is 0 Å². The molecule has 2 aromatic carbocycles. The molecule has 0 bridgehead atoms. The second kappa shape index (κ2) is 6.14. The van der Waals surface area contributed by atoms with Gasteiger partial charge in [0.2, 0.25) is 0 Å². The first-order valence-corrected chi connectivity index (χ1v) is 9.15. The van der Waals surface area contributed by atoms with Gasteiger partial charge in [0.05, 0.1) is 0 Å². The van der Waals surface area contributed by atoms with Crippen LogP contribution in [-0.4, -0.2) is 23.1 Å². The highest BCUT2D eigenvalue weighted by Gasteiger charge is 2.35. The molecule has 0 spiro atoms. The van der Waals surface area contributed by atoms with E-state index in [0.717, 1.165) is 11.4 Å². The molecule has 0 saturated carbocycles. The van der Waals surface area contributed by atoms with Crippen LogP contribution >= 0.6 is 11.8 Å². The Morgan fingerprint density at radius 1 is 1.09 bits per heavy atom. The van der Waals surface area contributed by atoms with Crippen molar-refractivity contribution >= 4 is 16.9 Å². The molecule has 0 N–H and O–H groups in total. The number of hydrogen-bond acceptors (Lipinski definition) is 3. The molecule has 2 aliphatic heterocycles. The molecule has 0 aliphatic carbocycles. The third-order valence-electron chi connectivity index (χ3n) is 5.06. The van der Waals surface area contributed by atoms with Gasteiger partial charge in [-0.3, -0.25) is 9.69 Å². The molecule has 0 aromatic heterocycles. The molecule has 1 fully saturated rings. The molecule has 4 rings (SSSR count). The first-order chi connectivity index (χ1) is 11.2. The van der Waals surface area contributed by atoms with Crippen LogP contribution in [0.2, 0.25) is 0 Å². The highest BCUT2D eigenvalue weighted by Crippen LogP contribution is 2.44. The van der Waals surface area contributed by atoms with Gasteiger partial charge in [0.15, 0.2) is 5.12 Å². The Hall–Kier alpha value is -1.58. The molecule has 2 nitrogen and oxygen atoms in total. The van der Waals surface area contributed by atoms with E-state index in [4.69, 9.17) is 0 Å². The maximum atomic E-state index is 11.2. The second-order valence-electron chi connectivity index (χ2n) is 6.50. The predicted molar refractivity (Wildman–Crippen MR) is 94.8 cm³/mol. The normalized spacial score (nSPS) is 23.3. The van der Waals surface area contributed by atoms with Crippen molar-refractivity contribution in [2.45, 2.75) is 36.6 Å². The highest BCUT2D eigenvalue weighted by atomic mass is 32.2. The number of nitrogens with zero attached hydrogens (tertiary/aromatic N) is 1. The minimum absolute atomic E-state index is 0.140. The average molecular weight is 323 g/mol. The third-order valence-corrected chi connectivity index (χ3v) is 5.85. The molecule has 23 heavy (non-hydrogen) atoms. The van der Waals surface area contributed by atoms with E-state index in [1.807, 2.05) is 0 Å². The Balaban J connectivity index is 1.68. The monoisotopic (exact) mass is 323 g/mol. The lowest BCUT2D eigenvalue weighted by Gasteiger charge is -2.37. The van der Waals surface area contributed by atoms with Crippen molar-refractivity contribution in [1.29, 1.82) is 0 Å². The fraction of sp³-hybridized carbons (Fsp3) is 0.350. The Labute approximate surface area is 141 Å². The molecule has 2 heterocycles. The lowest BCUT2D eigenvalue weighted by molar-refractivity contribution is -0.109. The summed E-state index contributed by atoms with van der Waals surface area (Å²) in [6.07, 6.45) is 2.60. The lowest BCUT2D eigenvalue weighted by Crippen LogP contribution is -2.34. The Bertz CT molecular complexity index is 725. The first-order valence-electron chi connectivity index (χ1n) is 8.33. The number of benzene rings is 2. The van der Waals surface area contributed by atoms with Crippen molar-refractivity contribution < 1.29 is 4.79 Å². The van der Waals surface area contributed by atoms with E-state index >= 15 is 0 Å². The van der Waals surface area contributed by atoms with Crippen LogP contribution in [0.5, 0.6) is 0 Å². The molecule has 1 saturated heterocycles. The Morgan fingerprint density at radius 2 is 1.83 bits per heavy atom. The van der Waals surface area contributed by atoms with Gasteiger partial charge in [-0.15, -0.1) is 0 Å². The minimum atomic E-state index is 0.140. The third kappa shape index (κ3) is 2.84. The SMILES string of the molecule is CC(=O)Sc1ccc([C@@H]2CN3CCC[C@@H]3c3ccccc32)cc1. The largest absolute Gasteiger partial charge is 0.295 e. The summed E-state index contributed by atoms with van der Waals surface area (Å²) in [6, 6.07) is 18.1. The molecular formula is C20H21NOS. The maximum absolute atomic E-state index is 11.2. The number of thioether (sulfide) groups is 1. The van der Waals surface area contributed by atoms with Crippen LogP contribution < -0.4 is 0 Å². The summed E-state index contributed by atoms with van der Waals surface area (Å²) in [4.78, 5) is 14.9. The van der Waals surface area contributed by atoms with Gasteiger partial charge in [-0.25, -0.2) is 0 Å². The molecule has 118 valence electrons. The van der Waals surface area contributed by atoms with Crippen LogP contribution in [0.25, 0.3) is 0 Å². The van der Waals surface area contributed by atoms with Crippen molar-refractivity contribution in [2.75, 3.05) is 13.1 Å². The van der Waals surface area contributed by atoms with Gasteiger partial charge in [-0.2, -0.15) is 0 Å². The number of carbonyl (C=O) groups excluding carboxylic acids is 1. The molecule has 3 heteroatoms. The topological polar surface area (TPSA) is 20.3 Å². The van der Waals surface area contributed by atoms with E-state index in [1.54, 1.807) is 6.92 Å². The summed E-state index contributed by atoms with van der Waals surface area (Å²) in [6.45, 7) is 3.94. The second-order valence-corrected chi connectivity index (χ2v) is 7.75. The van der Waals surface area contributed by atoms with Crippen molar-refractivity contribution in [2.24, 2.45) is 0 Å². The summed E-state index contributed by atoms with van der Waals surface area (Å²) in [5.41, 5.74) is 4.36. The van der Waals surface area contributed by atoms with Gasteiger partial charge >= 0.3 is 0 Å². The fourth-order valence-corrected chi connectivity index (χ4v) is 4.68. The van der Waals surface area contributed by atoms with E-state index in [0.29, 0.717) is 12.0 Å². The van der Waals surface area contributed by atoms with Gasteiger partial charge in [0.25, 0.3) is 0 Å². The summed E-state index contributed by atoms with van der Waals surface area (Å²) < 4.78 is 0. The molecular weight excluding hydrogens is 302 g/mol. The van der Waals surface area contributed by atoms with Crippen LogP contribution in [0.4, 0.5) is 0 Å². The zero-order chi connectivity index (χ0) is 15.8. The molecule has 0 amide bonds. The molecule has 0 radical (unpaired) electrons. The standard InChI is InChI=1S/C20H21NOS/c1-14(22)23-16-10-8-15(9-11-16)19-13-21-12-4-7-20(21)18-6-3-2-5-17(18)19/h2-3,5-6,8-11,19-20H,4,7,12-13H2,1H3/t19-,20+/m0/s1. The number of hydrogen-bond donors (Lipinski definition) is 0. The first kappa shape index (κ1) is 15.0. The highest BCUT2D eigenvalue weighted by molar-refractivity contribution is 8.13. The fourth-order valence-electron chi connectivity index (χ4n) is 4.08. The van der Waals surface area contributed by atoms with Crippen LogP contribution in [0.1, 0.15) is 48.4 Å². The van der Waals surface area contributed by atoms with Gasteiger partial charge < -0.3 is 0 Å². The van der Waals surface area contributed by atoms with Gasteiger partial charge in [0, 0.05) is 30.3 Å². The molecule has 2 aliphatic rings. The summed E-state index contributed by atoms with van der Waals surface area (Å²) >= 11 is 1.31. The summed E-state index contributed by atoms with van der Waals surface area (Å²) in [5.74, 6) is 0.442. The van der Waals surface area contributed by atoms with Crippen LogP contribution in [-0.2, 0) is 4.79 Å².